The molecule has 0 saturated heterocycles. The normalized spacial score (nSPS) is 16.9. The van der Waals surface area contributed by atoms with Crippen molar-refractivity contribution in [3.63, 3.8) is 0 Å². The molecule has 0 heterocycles. The van der Waals surface area contributed by atoms with E-state index in [1.54, 1.807) is 7.05 Å². The summed E-state index contributed by atoms with van der Waals surface area (Å²) in [6, 6.07) is 0. The van der Waals surface area contributed by atoms with E-state index in [0.717, 1.165) is 18.6 Å². The Morgan fingerprint density at radius 3 is 2.47 bits per heavy atom. The Balaban J connectivity index is 2.11. The molecule has 0 radical (unpaired) electrons. The SMILES string of the molecule is CNC(=O)CCNC(=O)CC1(CS)CC1. The fraction of sp³-hybridized carbons (Fsp3) is 0.800. The van der Waals surface area contributed by atoms with Gasteiger partial charge in [-0.05, 0) is 24.0 Å². The Labute approximate surface area is 95.6 Å². The van der Waals surface area contributed by atoms with Crippen molar-refractivity contribution in [3.05, 3.63) is 0 Å². The van der Waals surface area contributed by atoms with Gasteiger partial charge < -0.3 is 10.6 Å². The van der Waals surface area contributed by atoms with Crippen LogP contribution in [0.15, 0.2) is 0 Å². The van der Waals surface area contributed by atoms with E-state index in [1.807, 2.05) is 0 Å². The quantitative estimate of drug-likeness (QED) is 0.576. The zero-order chi connectivity index (χ0) is 11.3. The van der Waals surface area contributed by atoms with Gasteiger partial charge in [0.25, 0.3) is 0 Å². The third-order valence-electron chi connectivity index (χ3n) is 2.78. The van der Waals surface area contributed by atoms with Crippen LogP contribution in [-0.4, -0.2) is 31.2 Å². The third-order valence-corrected chi connectivity index (χ3v) is 3.45. The minimum atomic E-state index is -0.0503. The van der Waals surface area contributed by atoms with Crippen LogP contribution in [0, 0.1) is 5.41 Å². The van der Waals surface area contributed by atoms with Gasteiger partial charge in [0.05, 0.1) is 0 Å². The van der Waals surface area contributed by atoms with Crippen molar-refractivity contribution < 1.29 is 9.59 Å². The first kappa shape index (κ1) is 12.4. The van der Waals surface area contributed by atoms with Crippen molar-refractivity contribution >= 4 is 24.4 Å². The smallest absolute Gasteiger partial charge is 0.221 e. The van der Waals surface area contributed by atoms with Gasteiger partial charge in [0, 0.05) is 26.4 Å². The molecule has 0 aromatic carbocycles. The molecular weight excluding hydrogens is 212 g/mol. The molecule has 15 heavy (non-hydrogen) atoms. The van der Waals surface area contributed by atoms with Crippen LogP contribution in [0.4, 0.5) is 0 Å². The summed E-state index contributed by atoms with van der Waals surface area (Å²) in [7, 11) is 1.59. The molecule has 1 fully saturated rings. The van der Waals surface area contributed by atoms with E-state index in [4.69, 9.17) is 0 Å². The van der Waals surface area contributed by atoms with Crippen LogP contribution in [0.1, 0.15) is 25.7 Å². The predicted molar refractivity (Wildman–Crippen MR) is 61.8 cm³/mol. The van der Waals surface area contributed by atoms with Crippen LogP contribution in [0.25, 0.3) is 0 Å². The van der Waals surface area contributed by atoms with Gasteiger partial charge in [-0.2, -0.15) is 12.6 Å². The Bertz CT molecular complexity index is 252. The second-order valence-corrected chi connectivity index (χ2v) is 4.42. The molecule has 5 heteroatoms. The Hall–Kier alpha value is -0.710. The van der Waals surface area contributed by atoms with Gasteiger partial charge in [0.2, 0.25) is 11.8 Å². The first-order valence-corrected chi connectivity index (χ1v) is 5.83. The maximum atomic E-state index is 11.5. The van der Waals surface area contributed by atoms with E-state index < -0.39 is 0 Å². The van der Waals surface area contributed by atoms with Crippen molar-refractivity contribution in [2.24, 2.45) is 5.41 Å². The molecule has 4 nitrogen and oxygen atoms in total. The lowest BCUT2D eigenvalue weighted by Gasteiger charge is -2.11. The van der Waals surface area contributed by atoms with E-state index in [-0.39, 0.29) is 17.2 Å². The predicted octanol–water partition coefficient (Wildman–Crippen LogP) is 0.339. The second-order valence-electron chi connectivity index (χ2n) is 4.11. The molecule has 1 aliphatic rings. The Kier molecular flexibility index (Phi) is 4.45. The average Bonchev–Trinajstić information content (AvgIpc) is 2.98. The summed E-state index contributed by atoms with van der Waals surface area (Å²) in [5.41, 5.74) is 0.153. The number of hydrogen-bond donors (Lipinski definition) is 3. The van der Waals surface area contributed by atoms with Gasteiger partial charge in [0.15, 0.2) is 0 Å². The largest absolute Gasteiger partial charge is 0.359 e. The van der Waals surface area contributed by atoms with Gasteiger partial charge in [0.1, 0.15) is 0 Å². The highest BCUT2D eigenvalue weighted by Gasteiger charge is 2.42. The lowest BCUT2D eigenvalue weighted by Crippen LogP contribution is -2.30. The summed E-state index contributed by atoms with van der Waals surface area (Å²) >= 11 is 4.23. The van der Waals surface area contributed by atoms with Crippen LogP contribution in [0.2, 0.25) is 0 Å². The third kappa shape index (κ3) is 4.11. The van der Waals surface area contributed by atoms with Crippen molar-refractivity contribution in [1.82, 2.24) is 10.6 Å². The summed E-state index contributed by atoms with van der Waals surface area (Å²) in [5, 5.41) is 5.25. The molecule has 0 spiro atoms. The summed E-state index contributed by atoms with van der Waals surface area (Å²) in [4.78, 5) is 22.3. The molecule has 1 saturated carbocycles. The van der Waals surface area contributed by atoms with Gasteiger partial charge in [-0.3, -0.25) is 9.59 Å². The fourth-order valence-corrected chi connectivity index (χ4v) is 1.84. The van der Waals surface area contributed by atoms with Crippen LogP contribution in [0.5, 0.6) is 0 Å². The number of thiol groups is 1. The lowest BCUT2D eigenvalue weighted by molar-refractivity contribution is -0.122. The monoisotopic (exact) mass is 230 g/mol. The lowest BCUT2D eigenvalue weighted by atomic mass is 10.1. The molecule has 0 aliphatic heterocycles. The van der Waals surface area contributed by atoms with Gasteiger partial charge in [-0.25, -0.2) is 0 Å². The van der Waals surface area contributed by atoms with E-state index in [0.29, 0.717) is 19.4 Å². The highest BCUT2D eigenvalue weighted by atomic mass is 32.1. The Morgan fingerprint density at radius 1 is 1.33 bits per heavy atom. The van der Waals surface area contributed by atoms with Crippen molar-refractivity contribution in [3.8, 4) is 0 Å². The number of amides is 2. The van der Waals surface area contributed by atoms with E-state index >= 15 is 0 Å². The molecule has 86 valence electrons. The molecule has 0 unspecified atom stereocenters. The average molecular weight is 230 g/mol. The number of rotatable bonds is 6. The highest BCUT2D eigenvalue weighted by Crippen LogP contribution is 2.49. The van der Waals surface area contributed by atoms with Gasteiger partial charge in [-0.1, -0.05) is 0 Å². The standard InChI is InChI=1S/C10H18N2O2S/c1-11-8(13)2-5-12-9(14)6-10(7-15)3-4-10/h15H,2-7H2,1H3,(H,11,13)(H,12,14). The van der Waals surface area contributed by atoms with E-state index in [9.17, 15) is 9.59 Å². The van der Waals surface area contributed by atoms with Crippen molar-refractivity contribution in [2.75, 3.05) is 19.3 Å². The highest BCUT2D eigenvalue weighted by molar-refractivity contribution is 7.80. The first-order chi connectivity index (χ1) is 7.12. The van der Waals surface area contributed by atoms with E-state index in [2.05, 4.69) is 23.3 Å². The molecule has 2 N–H and O–H groups in total. The maximum Gasteiger partial charge on any atom is 0.221 e. The topological polar surface area (TPSA) is 58.2 Å². The van der Waals surface area contributed by atoms with E-state index in [1.165, 1.54) is 0 Å². The minimum Gasteiger partial charge on any atom is -0.359 e. The van der Waals surface area contributed by atoms with Gasteiger partial charge in [-0.15, -0.1) is 0 Å². The molecular formula is C10H18N2O2S. The minimum absolute atomic E-state index is 0.0328. The summed E-state index contributed by atoms with van der Waals surface area (Å²) < 4.78 is 0. The first-order valence-electron chi connectivity index (χ1n) is 5.20. The molecule has 1 aliphatic carbocycles. The molecule has 0 atom stereocenters. The molecule has 0 aromatic heterocycles. The Morgan fingerprint density at radius 2 is 2.00 bits per heavy atom. The van der Waals surface area contributed by atoms with Crippen molar-refractivity contribution in [2.45, 2.75) is 25.7 Å². The van der Waals surface area contributed by atoms with Gasteiger partial charge >= 0.3 is 0 Å². The fourth-order valence-electron chi connectivity index (χ4n) is 1.41. The van der Waals surface area contributed by atoms with Crippen LogP contribution in [-0.2, 0) is 9.59 Å². The summed E-state index contributed by atoms with van der Waals surface area (Å²) in [6.07, 6.45) is 3.08. The molecule has 1 rings (SSSR count). The maximum absolute atomic E-state index is 11.5. The number of hydrogen-bond acceptors (Lipinski definition) is 3. The molecule has 0 aromatic rings. The number of carbonyl (C=O) groups excluding carboxylic acids is 2. The summed E-state index contributed by atoms with van der Waals surface area (Å²) in [5.74, 6) is 0.756. The molecule has 2 amide bonds. The zero-order valence-corrected chi connectivity index (χ0v) is 9.90. The number of nitrogens with one attached hydrogen (secondary N) is 2. The summed E-state index contributed by atoms with van der Waals surface area (Å²) in [6.45, 7) is 0.418. The van der Waals surface area contributed by atoms with Crippen LogP contribution < -0.4 is 10.6 Å². The van der Waals surface area contributed by atoms with Crippen LogP contribution >= 0.6 is 12.6 Å². The number of carbonyl (C=O) groups is 2. The van der Waals surface area contributed by atoms with Crippen LogP contribution in [0.3, 0.4) is 0 Å². The second kappa shape index (κ2) is 5.39. The zero-order valence-electron chi connectivity index (χ0n) is 9.01. The van der Waals surface area contributed by atoms with Crippen molar-refractivity contribution in [1.29, 1.82) is 0 Å². The molecule has 0 bridgehead atoms.